The van der Waals surface area contributed by atoms with E-state index in [9.17, 15) is 4.79 Å². The van der Waals surface area contributed by atoms with Gasteiger partial charge in [0.1, 0.15) is 11.3 Å². The molecule has 0 aliphatic carbocycles. The summed E-state index contributed by atoms with van der Waals surface area (Å²) in [4.78, 5) is 12.2. The zero-order valence-electron chi connectivity index (χ0n) is 14.1. The number of aromatic nitrogens is 6. The summed E-state index contributed by atoms with van der Waals surface area (Å²) in [6, 6.07) is 7.50. The summed E-state index contributed by atoms with van der Waals surface area (Å²) in [6.07, 6.45) is 3.84. The predicted molar refractivity (Wildman–Crippen MR) is 94.7 cm³/mol. The molecule has 0 atom stereocenters. The Bertz CT molecular complexity index is 809. The van der Waals surface area contributed by atoms with Crippen LogP contribution in [0, 0.1) is 0 Å². The fourth-order valence-electron chi connectivity index (χ4n) is 2.48. The molecule has 0 aliphatic rings. The maximum Gasteiger partial charge on any atom is 0.230 e. The molecule has 0 aliphatic heterocycles. The average Bonchev–Trinajstić information content (AvgIpc) is 3.29. The van der Waals surface area contributed by atoms with Gasteiger partial charge in [0.2, 0.25) is 11.0 Å². The van der Waals surface area contributed by atoms with Crippen molar-refractivity contribution in [2.24, 2.45) is 0 Å². The van der Waals surface area contributed by atoms with Crippen molar-refractivity contribution >= 4 is 22.4 Å². The lowest BCUT2D eigenvalue weighted by Gasteiger charge is -2.06. The van der Waals surface area contributed by atoms with Gasteiger partial charge in [0.15, 0.2) is 0 Å². The van der Waals surface area contributed by atoms with Crippen molar-refractivity contribution < 1.29 is 4.79 Å². The Labute approximate surface area is 149 Å². The average molecular weight is 357 g/mol. The van der Waals surface area contributed by atoms with E-state index >= 15 is 0 Å². The van der Waals surface area contributed by atoms with E-state index in [-0.39, 0.29) is 12.3 Å². The largest absolute Gasteiger partial charge is 0.300 e. The molecular formula is C16H19N7OS. The number of hydrogen-bond acceptors (Lipinski definition) is 7. The van der Waals surface area contributed by atoms with Crippen molar-refractivity contribution in [1.82, 2.24) is 30.4 Å². The Morgan fingerprint density at radius 3 is 2.60 bits per heavy atom. The Hall–Kier alpha value is -2.68. The number of benzene rings is 1. The highest BCUT2D eigenvalue weighted by Gasteiger charge is 2.14. The number of carbonyl (C=O) groups excluding carboxylic acids is 1. The number of carbonyl (C=O) groups is 1. The van der Waals surface area contributed by atoms with Crippen LogP contribution in [0.2, 0.25) is 0 Å². The maximum atomic E-state index is 12.2. The molecule has 0 fully saturated rings. The molecule has 130 valence electrons. The number of hydrogen-bond donors (Lipinski definition) is 1. The van der Waals surface area contributed by atoms with Crippen molar-refractivity contribution in [2.45, 2.75) is 39.0 Å². The Balaban J connectivity index is 1.59. The minimum Gasteiger partial charge on any atom is -0.300 e. The fraction of sp³-hybridized carbons (Fsp3) is 0.375. The van der Waals surface area contributed by atoms with Gasteiger partial charge in [-0.2, -0.15) is 0 Å². The molecule has 1 amide bonds. The smallest absolute Gasteiger partial charge is 0.230 e. The van der Waals surface area contributed by atoms with Gasteiger partial charge in [0.05, 0.1) is 12.1 Å². The Morgan fingerprint density at radius 1 is 1.20 bits per heavy atom. The molecule has 1 aromatic carbocycles. The Morgan fingerprint density at radius 2 is 1.96 bits per heavy atom. The Kier molecular flexibility index (Phi) is 5.44. The first-order valence-electron chi connectivity index (χ1n) is 8.15. The summed E-state index contributed by atoms with van der Waals surface area (Å²) < 4.78 is 1.56. The molecule has 1 N–H and O–H groups in total. The van der Waals surface area contributed by atoms with Crippen LogP contribution >= 0.6 is 11.3 Å². The second kappa shape index (κ2) is 7.93. The second-order valence-corrected chi connectivity index (χ2v) is 6.61. The van der Waals surface area contributed by atoms with Gasteiger partial charge in [-0.3, -0.25) is 4.79 Å². The highest BCUT2D eigenvalue weighted by molar-refractivity contribution is 7.15. The highest BCUT2D eigenvalue weighted by atomic mass is 32.1. The summed E-state index contributed by atoms with van der Waals surface area (Å²) in [6.45, 7) is 4.26. The molecule has 8 nitrogen and oxygen atoms in total. The number of rotatable bonds is 7. The lowest BCUT2D eigenvalue weighted by atomic mass is 10.1. The van der Waals surface area contributed by atoms with E-state index in [0.29, 0.717) is 11.0 Å². The van der Waals surface area contributed by atoms with Gasteiger partial charge in [-0.05, 0) is 41.0 Å². The third-order valence-corrected chi connectivity index (χ3v) is 4.94. The molecule has 0 unspecified atom stereocenters. The van der Waals surface area contributed by atoms with Gasteiger partial charge in [0.25, 0.3) is 0 Å². The zero-order chi connectivity index (χ0) is 17.6. The van der Waals surface area contributed by atoms with Crippen LogP contribution in [0.4, 0.5) is 5.13 Å². The SMILES string of the molecule is CCC(CC)c1nnc(NC(=O)Cc2ccc(-n3cnnn3)cc2)s1. The van der Waals surface area contributed by atoms with Crippen LogP contribution in [0.1, 0.15) is 43.2 Å². The van der Waals surface area contributed by atoms with Gasteiger partial charge in [-0.15, -0.1) is 15.3 Å². The minimum absolute atomic E-state index is 0.109. The van der Waals surface area contributed by atoms with Crippen LogP contribution in [0.25, 0.3) is 5.69 Å². The summed E-state index contributed by atoms with van der Waals surface area (Å²) in [5.74, 6) is 0.296. The quantitative estimate of drug-likeness (QED) is 0.698. The lowest BCUT2D eigenvalue weighted by Crippen LogP contribution is -2.14. The van der Waals surface area contributed by atoms with Gasteiger partial charge in [0, 0.05) is 5.92 Å². The molecule has 0 saturated heterocycles. The third-order valence-electron chi connectivity index (χ3n) is 3.94. The van der Waals surface area contributed by atoms with Crippen LogP contribution in [0.15, 0.2) is 30.6 Å². The van der Waals surface area contributed by atoms with Crippen molar-refractivity contribution in [1.29, 1.82) is 0 Å². The maximum absolute atomic E-state index is 12.2. The first-order chi connectivity index (χ1) is 12.2. The van der Waals surface area contributed by atoms with Crippen molar-refractivity contribution in [3.63, 3.8) is 0 Å². The number of anilines is 1. The number of nitrogens with zero attached hydrogens (tertiary/aromatic N) is 6. The molecular weight excluding hydrogens is 338 g/mol. The monoisotopic (exact) mass is 357 g/mol. The van der Waals surface area contributed by atoms with E-state index in [1.165, 1.54) is 17.7 Å². The van der Waals surface area contributed by atoms with E-state index in [1.807, 2.05) is 24.3 Å². The summed E-state index contributed by atoms with van der Waals surface area (Å²) >= 11 is 1.45. The van der Waals surface area contributed by atoms with Crippen LogP contribution in [-0.4, -0.2) is 36.3 Å². The van der Waals surface area contributed by atoms with E-state index in [2.05, 4.69) is 44.9 Å². The van der Waals surface area contributed by atoms with E-state index in [4.69, 9.17) is 0 Å². The molecule has 2 aromatic heterocycles. The molecule has 9 heteroatoms. The van der Waals surface area contributed by atoms with Gasteiger partial charge in [-0.25, -0.2) is 4.68 Å². The summed E-state index contributed by atoms with van der Waals surface area (Å²) in [5.41, 5.74) is 1.74. The van der Waals surface area contributed by atoms with Gasteiger partial charge >= 0.3 is 0 Å². The van der Waals surface area contributed by atoms with E-state index in [1.54, 1.807) is 4.68 Å². The van der Waals surface area contributed by atoms with Gasteiger partial charge < -0.3 is 5.32 Å². The summed E-state index contributed by atoms with van der Waals surface area (Å²) in [5, 5.41) is 23.6. The van der Waals surface area contributed by atoms with E-state index in [0.717, 1.165) is 29.1 Å². The molecule has 0 saturated carbocycles. The highest BCUT2D eigenvalue weighted by Crippen LogP contribution is 2.28. The molecule has 0 bridgehead atoms. The minimum atomic E-state index is -0.109. The van der Waals surface area contributed by atoms with Crippen LogP contribution < -0.4 is 5.32 Å². The molecule has 3 aromatic rings. The molecule has 25 heavy (non-hydrogen) atoms. The normalized spacial score (nSPS) is 11.0. The first kappa shape index (κ1) is 17.2. The molecule has 0 spiro atoms. The summed E-state index contributed by atoms with van der Waals surface area (Å²) in [7, 11) is 0. The van der Waals surface area contributed by atoms with Crippen LogP contribution in [-0.2, 0) is 11.2 Å². The van der Waals surface area contributed by atoms with Crippen molar-refractivity contribution in [3.05, 3.63) is 41.2 Å². The van der Waals surface area contributed by atoms with Crippen molar-refractivity contribution in [3.8, 4) is 5.69 Å². The number of amides is 1. The zero-order valence-corrected chi connectivity index (χ0v) is 14.9. The molecule has 2 heterocycles. The van der Waals surface area contributed by atoms with Crippen molar-refractivity contribution in [2.75, 3.05) is 5.32 Å². The van der Waals surface area contributed by atoms with E-state index < -0.39 is 0 Å². The second-order valence-electron chi connectivity index (χ2n) is 5.60. The third kappa shape index (κ3) is 4.24. The fourth-order valence-corrected chi connectivity index (χ4v) is 3.51. The number of tetrazole rings is 1. The number of nitrogens with one attached hydrogen (secondary N) is 1. The van der Waals surface area contributed by atoms with Crippen LogP contribution in [0.3, 0.4) is 0 Å². The molecule has 0 radical (unpaired) electrons. The standard InChI is InChI=1S/C16H19N7OS/c1-3-12(4-2)15-19-20-16(25-15)18-14(24)9-11-5-7-13(8-6-11)23-10-17-21-22-23/h5-8,10,12H,3-4,9H2,1-2H3,(H,18,20,24). The molecule has 3 rings (SSSR count). The van der Waals surface area contributed by atoms with Crippen LogP contribution in [0.5, 0.6) is 0 Å². The topological polar surface area (TPSA) is 98.5 Å². The van der Waals surface area contributed by atoms with Gasteiger partial charge in [-0.1, -0.05) is 37.3 Å². The predicted octanol–water partition coefficient (Wildman–Crippen LogP) is 2.60. The first-order valence-corrected chi connectivity index (χ1v) is 8.96. The lowest BCUT2D eigenvalue weighted by molar-refractivity contribution is -0.115.